The fraction of sp³-hybridized carbons (Fsp3) is 0.316. The third kappa shape index (κ3) is 3.90. The van der Waals surface area contributed by atoms with Crippen LogP contribution in [0.4, 0.5) is 14.5 Å². The zero-order valence-electron chi connectivity index (χ0n) is 14.0. The highest BCUT2D eigenvalue weighted by Crippen LogP contribution is 2.31. The van der Waals surface area contributed by atoms with E-state index in [1.807, 2.05) is 24.3 Å². The molecule has 1 fully saturated rings. The van der Waals surface area contributed by atoms with Crippen LogP contribution in [0.15, 0.2) is 42.5 Å². The first-order valence-electron chi connectivity index (χ1n) is 8.19. The molecule has 6 heteroatoms. The van der Waals surface area contributed by atoms with Crippen LogP contribution in [0.5, 0.6) is 5.75 Å². The van der Waals surface area contributed by atoms with Gasteiger partial charge in [0.1, 0.15) is 17.4 Å². The normalized spacial score (nSPS) is 16.8. The number of hydrogen-bond acceptors (Lipinski definition) is 3. The smallest absolute Gasteiger partial charge is 0.254 e. The molecule has 1 saturated heterocycles. The second kappa shape index (κ2) is 7.51. The van der Waals surface area contributed by atoms with Crippen molar-refractivity contribution in [3.63, 3.8) is 0 Å². The van der Waals surface area contributed by atoms with Crippen LogP contribution in [0, 0.1) is 17.6 Å². The summed E-state index contributed by atoms with van der Waals surface area (Å²) >= 11 is 0. The monoisotopic (exact) mass is 346 g/mol. The van der Waals surface area contributed by atoms with E-state index in [2.05, 4.69) is 10.2 Å². The van der Waals surface area contributed by atoms with Gasteiger partial charge in [0.15, 0.2) is 0 Å². The van der Waals surface area contributed by atoms with Gasteiger partial charge in [0.25, 0.3) is 5.91 Å². The number of amides is 1. The number of para-hydroxylation sites is 2. The molecule has 25 heavy (non-hydrogen) atoms. The van der Waals surface area contributed by atoms with Crippen molar-refractivity contribution in [1.82, 2.24) is 5.32 Å². The van der Waals surface area contributed by atoms with E-state index >= 15 is 0 Å². The summed E-state index contributed by atoms with van der Waals surface area (Å²) in [5.74, 6) is -0.983. The largest absolute Gasteiger partial charge is 0.495 e. The SMILES string of the molecule is COc1ccccc1N1CC[C@@H](CNC(=O)c2ccc(F)cc2F)C1. The Morgan fingerprint density at radius 3 is 2.84 bits per heavy atom. The Balaban J connectivity index is 1.57. The average Bonchev–Trinajstić information content (AvgIpc) is 3.08. The van der Waals surface area contributed by atoms with Crippen LogP contribution >= 0.6 is 0 Å². The maximum atomic E-state index is 13.6. The number of ether oxygens (including phenoxy) is 1. The summed E-state index contributed by atoms with van der Waals surface area (Å²) in [6, 6.07) is 10.8. The molecule has 0 bridgehead atoms. The van der Waals surface area contributed by atoms with Crippen LogP contribution in [0.2, 0.25) is 0 Å². The van der Waals surface area contributed by atoms with Gasteiger partial charge in [0.05, 0.1) is 18.4 Å². The highest BCUT2D eigenvalue weighted by atomic mass is 19.1. The Morgan fingerprint density at radius 1 is 1.28 bits per heavy atom. The maximum Gasteiger partial charge on any atom is 0.254 e. The van der Waals surface area contributed by atoms with Crippen molar-refractivity contribution in [3.05, 3.63) is 59.7 Å². The van der Waals surface area contributed by atoms with Crippen molar-refractivity contribution < 1.29 is 18.3 Å². The van der Waals surface area contributed by atoms with Crippen LogP contribution in [0.3, 0.4) is 0 Å². The van der Waals surface area contributed by atoms with E-state index in [4.69, 9.17) is 4.74 Å². The first-order valence-corrected chi connectivity index (χ1v) is 8.19. The standard InChI is InChI=1S/C19H20F2N2O2/c1-25-18-5-3-2-4-17(18)23-9-8-13(12-23)11-22-19(24)15-7-6-14(20)10-16(15)21/h2-7,10,13H,8-9,11-12H2,1H3,(H,22,24)/t13-/m0/s1. The number of nitrogens with one attached hydrogen (secondary N) is 1. The predicted octanol–water partition coefficient (Wildman–Crippen LogP) is 3.23. The van der Waals surface area contributed by atoms with E-state index in [-0.39, 0.29) is 11.5 Å². The molecule has 132 valence electrons. The van der Waals surface area contributed by atoms with Crippen LogP contribution < -0.4 is 15.0 Å². The van der Waals surface area contributed by atoms with Gasteiger partial charge in [-0.1, -0.05) is 12.1 Å². The van der Waals surface area contributed by atoms with Crippen molar-refractivity contribution in [2.45, 2.75) is 6.42 Å². The summed E-state index contributed by atoms with van der Waals surface area (Å²) in [5.41, 5.74) is 0.893. The number of carbonyl (C=O) groups excluding carboxylic acids is 1. The van der Waals surface area contributed by atoms with Crippen molar-refractivity contribution in [1.29, 1.82) is 0 Å². The van der Waals surface area contributed by atoms with Gasteiger partial charge in [0.2, 0.25) is 0 Å². The molecule has 1 N–H and O–H groups in total. The van der Waals surface area contributed by atoms with Gasteiger partial charge >= 0.3 is 0 Å². The molecule has 4 nitrogen and oxygen atoms in total. The van der Waals surface area contributed by atoms with Gasteiger partial charge in [-0.25, -0.2) is 8.78 Å². The third-order valence-corrected chi connectivity index (χ3v) is 4.44. The first-order chi connectivity index (χ1) is 12.1. The topological polar surface area (TPSA) is 41.6 Å². The minimum absolute atomic E-state index is 0.138. The van der Waals surface area contributed by atoms with E-state index in [0.717, 1.165) is 43.1 Å². The molecule has 0 aliphatic carbocycles. The predicted molar refractivity (Wildman–Crippen MR) is 92.0 cm³/mol. The van der Waals surface area contributed by atoms with Crippen LogP contribution in [0.1, 0.15) is 16.8 Å². The number of anilines is 1. The zero-order chi connectivity index (χ0) is 17.8. The van der Waals surface area contributed by atoms with Gasteiger partial charge in [0, 0.05) is 25.7 Å². The molecular weight excluding hydrogens is 326 g/mol. The van der Waals surface area contributed by atoms with Gasteiger partial charge in [-0.15, -0.1) is 0 Å². The zero-order valence-corrected chi connectivity index (χ0v) is 14.0. The number of hydrogen-bond donors (Lipinski definition) is 1. The quantitative estimate of drug-likeness (QED) is 0.904. The lowest BCUT2D eigenvalue weighted by Gasteiger charge is -2.21. The third-order valence-electron chi connectivity index (χ3n) is 4.44. The summed E-state index contributed by atoms with van der Waals surface area (Å²) in [4.78, 5) is 14.3. The number of benzene rings is 2. The Kier molecular flexibility index (Phi) is 5.16. The van der Waals surface area contributed by atoms with Crippen LogP contribution in [0.25, 0.3) is 0 Å². The highest BCUT2D eigenvalue weighted by molar-refractivity contribution is 5.94. The molecule has 0 spiro atoms. The fourth-order valence-corrected chi connectivity index (χ4v) is 3.11. The lowest BCUT2D eigenvalue weighted by molar-refractivity contribution is 0.0944. The van der Waals surface area contributed by atoms with Crippen molar-refractivity contribution in [3.8, 4) is 5.75 Å². The Labute approximate surface area is 145 Å². The van der Waals surface area contributed by atoms with E-state index in [9.17, 15) is 13.6 Å². The van der Waals surface area contributed by atoms with Gasteiger partial charge in [-0.05, 0) is 36.6 Å². The Morgan fingerprint density at radius 2 is 2.08 bits per heavy atom. The van der Waals surface area contributed by atoms with E-state index < -0.39 is 17.5 Å². The summed E-state index contributed by atoms with van der Waals surface area (Å²) in [7, 11) is 1.64. The van der Waals surface area contributed by atoms with Crippen molar-refractivity contribution >= 4 is 11.6 Å². The molecule has 1 aliphatic heterocycles. The minimum atomic E-state index is -0.848. The fourth-order valence-electron chi connectivity index (χ4n) is 3.11. The van der Waals surface area contributed by atoms with E-state index in [0.29, 0.717) is 12.6 Å². The highest BCUT2D eigenvalue weighted by Gasteiger charge is 2.25. The summed E-state index contributed by atoms with van der Waals surface area (Å²) in [5, 5.41) is 2.74. The molecule has 1 aliphatic rings. The van der Waals surface area contributed by atoms with Gasteiger partial charge in [-0.2, -0.15) is 0 Å². The minimum Gasteiger partial charge on any atom is -0.495 e. The molecule has 2 aromatic carbocycles. The van der Waals surface area contributed by atoms with Gasteiger partial charge in [-0.3, -0.25) is 4.79 Å². The number of nitrogens with zero attached hydrogens (tertiary/aromatic N) is 1. The van der Waals surface area contributed by atoms with Gasteiger partial charge < -0.3 is 15.0 Å². The summed E-state index contributed by atoms with van der Waals surface area (Å²) in [6.45, 7) is 2.10. The number of methoxy groups -OCH3 is 1. The molecular formula is C19H20F2N2O2. The molecule has 2 aromatic rings. The molecule has 0 saturated carbocycles. The summed E-state index contributed by atoms with van der Waals surface area (Å²) < 4.78 is 32.0. The maximum absolute atomic E-state index is 13.6. The molecule has 0 radical (unpaired) electrons. The molecule has 1 atom stereocenters. The van der Waals surface area contributed by atoms with Crippen molar-refractivity contribution in [2.24, 2.45) is 5.92 Å². The van der Waals surface area contributed by atoms with Crippen LogP contribution in [-0.2, 0) is 0 Å². The second-order valence-corrected chi connectivity index (χ2v) is 6.11. The molecule has 1 amide bonds. The van der Waals surface area contributed by atoms with Crippen molar-refractivity contribution in [2.75, 3.05) is 31.6 Å². The van der Waals surface area contributed by atoms with E-state index in [1.54, 1.807) is 7.11 Å². The second-order valence-electron chi connectivity index (χ2n) is 6.11. The lowest BCUT2D eigenvalue weighted by atomic mass is 10.1. The molecule has 3 rings (SSSR count). The molecule has 0 aromatic heterocycles. The Hall–Kier alpha value is -2.63. The first kappa shape index (κ1) is 17.2. The molecule has 1 heterocycles. The number of carbonyl (C=O) groups is 1. The van der Waals surface area contributed by atoms with E-state index in [1.165, 1.54) is 0 Å². The number of halogens is 2. The van der Waals surface area contributed by atoms with Crippen LogP contribution in [-0.4, -0.2) is 32.7 Å². The Bertz CT molecular complexity index is 767. The summed E-state index contributed by atoms with van der Waals surface area (Å²) in [6.07, 6.45) is 0.921. The lowest BCUT2D eigenvalue weighted by Crippen LogP contribution is -2.31. The molecule has 0 unspecified atom stereocenters. The average molecular weight is 346 g/mol. The number of rotatable bonds is 5.